The van der Waals surface area contributed by atoms with Crippen LogP contribution in [0.5, 0.6) is 0 Å². The maximum Gasteiger partial charge on any atom is 0.243 e. The van der Waals surface area contributed by atoms with Gasteiger partial charge in [0.15, 0.2) is 9.84 Å². The zero-order chi connectivity index (χ0) is 18.0. The molecule has 25 heavy (non-hydrogen) atoms. The van der Waals surface area contributed by atoms with Crippen molar-refractivity contribution >= 4 is 33.4 Å². The van der Waals surface area contributed by atoms with Gasteiger partial charge in [-0.2, -0.15) is 0 Å². The van der Waals surface area contributed by atoms with Crippen LogP contribution in [0, 0.1) is 5.82 Å². The quantitative estimate of drug-likeness (QED) is 0.775. The van der Waals surface area contributed by atoms with E-state index < -0.39 is 27.2 Å². The molecular weight excluding hydrogens is 367 g/mol. The fourth-order valence-electron chi connectivity index (χ4n) is 2.96. The van der Waals surface area contributed by atoms with Crippen molar-refractivity contribution < 1.29 is 22.4 Å². The molecule has 2 aliphatic rings. The van der Waals surface area contributed by atoms with Gasteiger partial charge < -0.3 is 10.6 Å². The summed E-state index contributed by atoms with van der Waals surface area (Å²) in [6.45, 7) is 0. The molecule has 1 aromatic rings. The lowest BCUT2D eigenvalue weighted by Gasteiger charge is -2.29. The molecule has 0 spiro atoms. The number of rotatable bonds is 4. The van der Waals surface area contributed by atoms with E-state index in [1.165, 1.54) is 17.8 Å². The minimum Gasteiger partial charge on any atom is -0.351 e. The maximum atomic E-state index is 13.7. The summed E-state index contributed by atoms with van der Waals surface area (Å²) in [5.41, 5.74) is 0.467. The SMILES string of the molecule is O=C(N[C@@H]1CCS(=O)(=O)C1)[C@H]1CS[C@H](Cc2ccccc2F)C(=O)N1. The predicted octanol–water partition coefficient (Wildman–Crippen LogP) is 0.272. The first-order valence-corrected chi connectivity index (χ1v) is 10.9. The Morgan fingerprint density at radius 3 is 2.76 bits per heavy atom. The highest BCUT2D eigenvalue weighted by molar-refractivity contribution is 8.00. The van der Waals surface area contributed by atoms with Crippen LogP contribution in [0.3, 0.4) is 0 Å². The second-order valence-corrected chi connectivity index (χ2v) is 9.75. The molecule has 0 bridgehead atoms. The lowest BCUT2D eigenvalue weighted by atomic mass is 10.1. The first-order chi connectivity index (χ1) is 11.8. The second-order valence-electron chi connectivity index (χ2n) is 6.29. The summed E-state index contributed by atoms with van der Waals surface area (Å²) < 4.78 is 36.6. The molecule has 3 atom stereocenters. The summed E-state index contributed by atoms with van der Waals surface area (Å²) in [6, 6.07) is 5.22. The smallest absolute Gasteiger partial charge is 0.243 e. The molecular formula is C16H19FN2O4S2. The Hall–Kier alpha value is -1.61. The minimum atomic E-state index is -3.07. The summed E-state index contributed by atoms with van der Waals surface area (Å²) >= 11 is 1.31. The first kappa shape index (κ1) is 18.2. The van der Waals surface area contributed by atoms with Crippen molar-refractivity contribution in [2.45, 2.75) is 30.2 Å². The zero-order valence-corrected chi connectivity index (χ0v) is 15.0. The van der Waals surface area contributed by atoms with Gasteiger partial charge in [-0.1, -0.05) is 18.2 Å². The molecule has 9 heteroatoms. The van der Waals surface area contributed by atoms with Gasteiger partial charge in [0.25, 0.3) is 0 Å². The highest BCUT2D eigenvalue weighted by Gasteiger charge is 2.35. The Morgan fingerprint density at radius 2 is 2.12 bits per heavy atom. The molecule has 2 aliphatic heterocycles. The van der Waals surface area contributed by atoms with E-state index in [9.17, 15) is 22.4 Å². The third-order valence-corrected chi connectivity index (χ3v) is 7.41. The van der Waals surface area contributed by atoms with E-state index in [-0.39, 0.29) is 35.6 Å². The molecule has 1 aromatic carbocycles. The van der Waals surface area contributed by atoms with E-state index in [0.717, 1.165) is 0 Å². The molecule has 6 nitrogen and oxygen atoms in total. The van der Waals surface area contributed by atoms with E-state index in [1.807, 2.05) is 0 Å². The fourth-order valence-corrected chi connectivity index (χ4v) is 5.81. The zero-order valence-electron chi connectivity index (χ0n) is 13.4. The predicted molar refractivity (Wildman–Crippen MR) is 93.5 cm³/mol. The number of nitrogens with one attached hydrogen (secondary N) is 2. The van der Waals surface area contributed by atoms with E-state index in [4.69, 9.17) is 0 Å². The number of benzene rings is 1. The number of carbonyl (C=O) groups excluding carboxylic acids is 2. The van der Waals surface area contributed by atoms with Crippen LogP contribution in [-0.4, -0.2) is 54.8 Å². The Bertz CT molecular complexity index is 784. The van der Waals surface area contributed by atoms with Crippen LogP contribution in [0.15, 0.2) is 24.3 Å². The van der Waals surface area contributed by atoms with Crippen LogP contribution in [-0.2, 0) is 25.8 Å². The molecule has 0 aliphatic carbocycles. The van der Waals surface area contributed by atoms with Crippen LogP contribution in [0.2, 0.25) is 0 Å². The lowest BCUT2D eigenvalue weighted by Crippen LogP contribution is -2.56. The highest BCUT2D eigenvalue weighted by Crippen LogP contribution is 2.23. The van der Waals surface area contributed by atoms with Gasteiger partial charge in [-0.15, -0.1) is 11.8 Å². The maximum absolute atomic E-state index is 13.7. The monoisotopic (exact) mass is 386 g/mol. The molecule has 0 unspecified atom stereocenters. The molecule has 136 valence electrons. The minimum absolute atomic E-state index is 0.0531. The van der Waals surface area contributed by atoms with Gasteiger partial charge >= 0.3 is 0 Å². The van der Waals surface area contributed by atoms with Crippen molar-refractivity contribution in [2.24, 2.45) is 0 Å². The van der Waals surface area contributed by atoms with Crippen LogP contribution in [0.25, 0.3) is 0 Å². The summed E-state index contributed by atoms with van der Waals surface area (Å²) in [4.78, 5) is 24.5. The number of hydrogen-bond donors (Lipinski definition) is 2. The topological polar surface area (TPSA) is 92.3 Å². The van der Waals surface area contributed by atoms with Crippen molar-refractivity contribution in [3.8, 4) is 0 Å². The lowest BCUT2D eigenvalue weighted by molar-refractivity contribution is -0.128. The van der Waals surface area contributed by atoms with Crippen LogP contribution >= 0.6 is 11.8 Å². The van der Waals surface area contributed by atoms with Gasteiger partial charge in [-0.3, -0.25) is 9.59 Å². The van der Waals surface area contributed by atoms with Gasteiger partial charge in [-0.25, -0.2) is 12.8 Å². The van der Waals surface area contributed by atoms with Crippen molar-refractivity contribution in [1.82, 2.24) is 10.6 Å². The van der Waals surface area contributed by atoms with Gasteiger partial charge in [0.1, 0.15) is 11.9 Å². The number of amides is 2. The van der Waals surface area contributed by atoms with Gasteiger partial charge in [0, 0.05) is 11.8 Å². The Morgan fingerprint density at radius 1 is 1.36 bits per heavy atom. The van der Waals surface area contributed by atoms with Gasteiger partial charge in [0.05, 0.1) is 16.8 Å². The largest absolute Gasteiger partial charge is 0.351 e. The Balaban J connectivity index is 1.54. The average Bonchev–Trinajstić information content (AvgIpc) is 2.90. The molecule has 2 amide bonds. The molecule has 2 heterocycles. The highest BCUT2D eigenvalue weighted by atomic mass is 32.2. The molecule has 2 N–H and O–H groups in total. The molecule has 0 radical (unpaired) electrons. The molecule has 2 saturated heterocycles. The average molecular weight is 386 g/mol. The summed E-state index contributed by atoms with van der Waals surface area (Å²) in [7, 11) is -3.07. The number of hydrogen-bond acceptors (Lipinski definition) is 5. The van der Waals surface area contributed by atoms with Crippen molar-refractivity contribution in [2.75, 3.05) is 17.3 Å². The van der Waals surface area contributed by atoms with Crippen LogP contribution in [0.1, 0.15) is 12.0 Å². The summed E-state index contributed by atoms with van der Waals surface area (Å²) in [5.74, 6) is -0.628. The Kier molecular flexibility index (Phi) is 5.33. The third-order valence-electron chi connectivity index (χ3n) is 4.33. The van der Waals surface area contributed by atoms with E-state index in [1.54, 1.807) is 18.2 Å². The number of carbonyl (C=O) groups is 2. The molecule has 0 aromatic heterocycles. The second kappa shape index (κ2) is 7.33. The van der Waals surface area contributed by atoms with Crippen LogP contribution in [0.4, 0.5) is 4.39 Å². The van der Waals surface area contributed by atoms with Gasteiger partial charge in [-0.05, 0) is 24.5 Å². The molecule has 2 fully saturated rings. The number of sulfone groups is 1. The van der Waals surface area contributed by atoms with E-state index in [0.29, 0.717) is 17.7 Å². The third kappa shape index (κ3) is 4.52. The van der Waals surface area contributed by atoms with E-state index >= 15 is 0 Å². The Labute approximate surface area is 149 Å². The van der Waals surface area contributed by atoms with Crippen LogP contribution < -0.4 is 10.6 Å². The van der Waals surface area contributed by atoms with E-state index in [2.05, 4.69) is 10.6 Å². The molecule has 3 rings (SSSR count). The van der Waals surface area contributed by atoms with Crippen molar-refractivity contribution in [3.63, 3.8) is 0 Å². The standard InChI is InChI=1S/C16H19FN2O4S2/c17-12-4-2-1-3-10(12)7-14-16(21)19-13(8-24-14)15(20)18-11-5-6-25(22,23)9-11/h1-4,11,13-14H,5-9H2,(H,18,20)(H,19,21)/t11-,13-,14-/m1/s1. The number of halogens is 1. The van der Waals surface area contributed by atoms with Crippen molar-refractivity contribution in [3.05, 3.63) is 35.6 Å². The fraction of sp³-hybridized carbons (Fsp3) is 0.500. The van der Waals surface area contributed by atoms with Gasteiger partial charge in [0.2, 0.25) is 11.8 Å². The normalized spacial score (nSPS) is 28.4. The number of thioether (sulfide) groups is 1. The summed E-state index contributed by atoms with van der Waals surface area (Å²) in [6.07, 6.45) is 0.663. The molecule has 0 saturated carbocycles. The summed E-state index contributed by atoms with van der Waals surface area (Å²) in [5, 5.41) is 4.90. The van der Waals surface area contributed by atoms with Crippen molar-refractivity contribution in [1.29, 1.82) is 0 Å². The first-order valence-electron chi connectivity index (χ1n) is 8.00.